The molecule has 1 atom stereocenters. The van der Waals surface area contributed by atoms with Gasteiger partial charge < -0.3 is 5.11 Å². The van der Waals surface area contributed by atoms with Crippen molar-refractivity contribution in [2.75, 3.05) is 0 Å². The van der Waals surface area contributed by atoms with Crippen LogP contribution in [0.15, 0.2) is 24.3 Å². The second-order valence-electron chi connectivity index (χ2n) is 5.07. The first-order chi connectivity index (χ1) is 6.92. The highest BCUT2D eigenvalue weighted by Gasteiger charge is 2.22. The van der Waals surface area contributed by atoms with E-state index >= 15 is 0 Å². The molecule has 1 aromatic carbocycles. The molecule has 0 aliphatic heterocycles. The monoisotopic (exact) mass is 206 g/mol. The molecule has 0 heterocycles. The molecule has 1 N–H and O–H groups in total. The Morgan fingerprint density at radius 3 is 2.20 bits per heavy atom. The number of aryl methyl sites for hydroxylation is 1. The Balaban J connectivity index is 2.72. The highest BCUT2D eigenvalue weighted by atomic mass is 16.3. The van der Waals surface area contributed by atoms with Gasteiger partial charge in [-0.3, -0.25) is 0 Å². The standard InChI is InChI=1S/C14H22O/c1-11(2)9-10-14(4,15)13-7-5-12(3)6-8-13/h5-8,11,15H,9-10H2,1-4H3/t14-/m0/s1. The van der Waals surface area contributed by atoms with Gasteiger partial charge in [-0.25, -0.2) is 0 Å². The summed E-state index contributed by atoms with van der Waals surface area (Å²) in [4.78, 5) is 0. The molecule has 1 heteroatoms. The van der Waals surface area contributed by atoms with Crippen LogP contribution in [0.1, 0.15) is 44.7 Å². The average Bonchev–Trinajstić information content (AvgIpc) is 2.16. The number of aliphatic hydroxyl groups is 1. The van der Waals surface area contributed by atoms with Crippen LogP contribution >= 0.6 is 0 Å². The highest BCUT2D eigenvalue weighted by molar-refractivity contribution is 5.25. The van der Waals surface area contributed by atoms with Crippen LogP contribution in [0.2, 0.25) is 0 Å². The third-order valence-electron chi connectivity index (χ3n) is 2.88. The maximum Gasteiger partial charge on any atom is 0.0868 e. The summed E-state index contributed by atoms with van der Waals surface area (Å²) >= 11 is 0. The molecule has 0 amide bonds. The van der Waals surface area contributed by atoms with Gasteiger partial charge >= 0.3 is 0 Å². The predicted octanol–water partition coefficient (Wildman–Crippen LogP) is 3.64. The average molecular weight is 206 g/mol. The minimum atomic E-state index is -0.683. The zero-order valence-corrected chi connectivity index (χ0v) is 10.2. The fourth-order valence-electron chi connectivity index (χ4n) is 1.63. The van der Waals surface area contributed by atoms with Crippen molar-refractivity contribution in [2.24, 2.45) is 5.92 Å². The van der Waals surface area contributed by atoms with Crippen LogP contribution in [0.4, 0.5) is 0 Å². The van der Waals surface area contributed by atoms with E-state index in [4.69, 9.17) is 0 Å². The summed E-state index contributed by atoms with van der Waals surface area (Å²) in [5.41, 5.74) is 1.57. The molecule has 15 heavy (non-hydrogen) atoms. The summed E-state index contributed by atoms with van der Waals surface area (Å²) in [6.07, 6.45) is 1.88. The number of rotatable bonds is 4. The summed E-state index contributed by atoms with van der Waals surface area (Å²) in [5, 5.41) is 10.3. The molecular formula is C14H22O. The van der Waals surface area contributed by atoms with Gasteiger partial charge in [0.1, 0.15) is 0 Å². The van der Waals surface area contributed by atoms with Crippen LogP contribution in [-0.2, 0) is 5.60 Å². The fraction of sp³-hybridized carbons (Fsp3) is 0.571. The molecule has 1 aromatic rings. The van der Waals surface area contributed by atoms with Gasteiger partial charge in [-0.05, 0) is 38.2 Å². The van der Waals surface area contributed by atoms with Crippen molar-refractivity contribution in [3.05, 3.63) is 35.4 Å². The minimum Gasteiger partial charge on any atom is -0.385 e. The quantitative estimate of drug-likeness (QED) is 0.797. The Morgan fingerprint density at radius 1 is 1.20 bits per heavy atom. The zero-order valence-electron chi connectivity index (χ0n) is 10.2. The van der Waals surface area contributed by atoms with Crippen molar-refractivity contribution >= 4 is 0 Å². The number of hydrogen-bond donors (Lipinski definition) is 1. The van der Waals surface area contributed by atoms with Gasteiger partial charge in [0.15, 0.2) is 0 Å². The number of hydrogen-bond acceptors (Lipinski definition) is 1. The van der Waals surface area contributed by atoms with Crippen LogP contribution < -0.4 is 0 Å². The lowest BCUT2D eigenvalue weighted by atomic mass is 9.88. The van der Waals surface area contributed by atoms with Crippen LogP contribution in [0.25, 0.3) is 0 Å². The van der Waals surface area contributed by atoms with E-state index in [1.165, 1.54) is 5.56 Å². The van der Waals surface area contributed by atoms with Gasteiger partial charge in [0.05, 0.1) is 5.60 Å². The van der Waals surface area contributed by atoms with Crippen LogP contribution in [0, 0.1) is 12.8 Å². The zero-order chi connectivity index (χ0) is 11.5. The molecule has 0 radical (unpaired) electrons. The molecule has 0 aliphatic carbocycles. The molecule has 1 nitrogen and oxygen atoms in total. The van der Waals surface area contributed by atoms with Crippen molar-refractivity contribution in [1.29, 1.82) is 0 Å². The van der Waals surface area contributed by atoms with E-state index in [-0.39, 0.29) is 0 Å². The van der Waals surface area contributed by atoms with Crippen molar-refractivity contribution in [3.8, 4) is 0 Å². The molecule has 0 bridgehead atoms. The Morgan fingerprint density at radius 2 is 1.73 bits per heavy atom. The van der Waals surface area contributed by atoms with Gasteiger partial charge in [-0.2, -0.15) is 0 Å². The Hall–Kier alpha value is -0.820. The van der Waals surface area contributed by atoms with E-state index in [0.717, 1.165) is 18.4 Å². The summed E-state index contributed by atoms with van der Waals surface area (Å²) in [7, 11) is 0. The smallest absolute Gasteiger partial charge is 0.0868 e. The van der Waals surface area contributed by atoms with Crippen LogP contribution in [-0.4, -0.2) is 5.11 Å². The van der Waals surface area contributed by atoms with Crippen LogP contribution in [0.5, 0.6) is 0 Å². The Bertz CT molecular complexity index is 296. The maximum absolute atomic E-state index is 10.3. The second-order valence-corrected chi connectivity index (χ2v) is 5.07. The van der Waals surface area contributed by atoms with E-state index in [9.17, 15) is 5.11 Å². The van der Waals surface area contributed by atoms with E-state index < -0.39 is 5.60 Å². The van der Waals surface area contributed by atoms with E-state index in [2.05, 4.69) is 32.9 Å². The van der Waals surface area contributed by atoms with Crippen LogP contribution in [0.3, 0.4) is 0 Å². The summed E-state index contributed by atoms with van der Waals surface area (Å²) in [6, 6.07) is 8.16. The number of benzene rings is 1. The highest BCUT2D eigenvalue weighted by Crippen LogP contribution is 2.27. The molecule has 1 rings (SSSR count). The van der Waals surface area contributed by atoms with Gasteiger partial charge in [0, 0.05) is 0 Å². The summed E-state index contributed by atoms with van der Waals surface area (Å²) in [5.74, 6) is 0.641. The SMILES string of the molecule is Cc1ccc([C@@](C)(O)CCC(C)C)cc1. The lowest BCUT2D eigenvalue weighted by molar-refractivity contribution is 0.0420. The summed E-state index contributed by atoms with van der Waals surface area (Å²) in [6.45, 7) is 8.34. The third-order valence-corrected chi connectivity index (χ3v) is 2.88. The van der Waals surface area contributed by atoms with Gasteiger partial charge in [-0.1, -0.05) is 43.7 Å². The molecular weight excluding hydrogens is 184 g/mol. The maximum atomic E-state index is 10.3. The Kier molecular flexibility index (Phi) is 3.92. The van der Waals surface area contributed by atoms with Gasteiger partial charge in [0.25, 0.3) is 0 Å². The molecule has 0 saturated carbocycles. The van der Waals surface area contributed by atoms with Gasteiger partial charge in [-0.15, -0.1) is 0 Å². The third kappa shape index (κ3) is 3.67. The summed E-state index contributed by atoms with van der Waals surface area (Å²) < 4.78 is 0. The first-order valence-corrected chi connectivity index (χ1v) is 5.71. The first kappa shape index (κ1) is 12.3. The topological polar surface area (TPSA) is 20.2 Å². The van der Waals surface area contributed by atoms with Crippen molar-refractivity contribution < 1.29 is 5.11 Å². The van der Waals surface area contributed by atoms with Crippen molar-refractivity contribution in [3.63, 3.8) is 0 Å². The van der Waals surface area contributed by atoms with E-state index in [1.54, 1.807) is 0 Å². The molecule has 0 aromatic heterocycles. The second kappa shape index (κ2) is 4.80. The largest absolute Gasteiger partial charge is 0.385 e. The molecule has 0 spiro atoms. The van der Waals surface area contributed by atoms with E-state index in [0.29, 0.717) is 5.92 Å². The molecule has 0 saturated heterocycles. The molecule has 0 aliphatic rings. The predicted molar refractivity (Wildman–Crippen MR) is 64.8 cm³/mol. The Labute approximate surface area is 93.1 Å². The van der Waals surface area contributed by atoms with Crippen molar-refractivity contribution in [1.82, 2.24) is 0 Å². The lowest BCUT2D eigenvalue weighted by Gasteiger charge is -2.25. The van der Waals surface area contributed by atoms with Crippen molar-refractivity contribution in [2.45, 2.75) is 46.1 Å². The first-order valence-electron chi connectivity index (χ1n) is 5.71. The molecule has 0 unspecified atom stereocenters. The normalized spacial score (nSPS) is 15.3. The minimum absolute atomic E-state index is 0.641. The molecule has 84 valence electrons. The van der Waals surface area contributed by atoms with Gasteiger partial charge in [0.2, 0.25) is 0 Å². The fourth-order valence-corrected chi connectivity index (χ4v) is 1.63. The van der Waals surface area contributed by atoms with E-state index in [1.807, 2.05) is 19.1 Å². The lowest BCUT2D eigenvalue weighted by Crippen LogP contribution is -2.21. The molecule has 0 fully saturated rings.